The zero-order valence-electron chi connectivity index (χ0n) is 10.9. The fourth-order valence-corrected chi connectivity index (χ4v) is 1.93. The van der Waals surface area contributed by atoms with E-state index < -0.39 is 18.3 Å². The Balaban J connectivity index is 2.22. The number of rotatable bonds is 5. The van der Waals surface area contributed by atoms with Crippen LogP contribution in [-0.4, -0.2) is 22.7 Å². The molecule has 0 aromatic heterocycles. The molecule has 110 valence electrons. The van der Waals surface area contributed by atoms with Gasteiger partial charge >= 0.3 is 0 Å². The summed E-state index contributed by atoms with van der Waals surface area (Å²) in [4.78, 5) is 11.4. The molecule has 0 atom stereocenters. The molecule has 0 unspecified atom stereocenters. The fourth-order valence-electron chi connectivity index (χ4n) is 1.93. The largest absolute Gasteiger partial charge is 0.508 e. The molecule has 0 bridgehead atoms. The number of aromatic hydroxyl groups is 2. The molecule has 0 aliphatic carbocycles. The second-order valence-corrected chi connectivity index (χ2v) is 4.46. The third kappa shape index (κ3) is 3.68. The Labute approximate surface area is 119 Å². The molecule has 21 heavy (non-hydrogen) atoms. The van der Waals surface area contributed by atoms with Gasteiger partial charge in [-0.2, -0.15) is 0 Å². The van der Waals surface area contributed by atoms with Crippen LogP contribution in [0, 0.1) is 5.82 Å². The van der Waals surface area contributed by atoms with E-state index in [0.29, 0.717) is 5.56 Å². The Hall–Kier alpha value is -2.63. The summed E-state index contributed by atoms with van der Waals surface area (Å²) in [6, 6.07) is 7.36. The van der Waals surface area contributed by atoms with Gasteiger partial charge in [0.1, 0.15) is 17.3 Å². The van der Waals surface area contributed by atoms with Crippen LogP contribution in [-0.2, 0) is 6.54 Å². The maximum Gasteiger partial charge on any atom is 0.195 e. The van der Waals surface area contributed by atoms with Crippen LogP contribution >= 0.6 is 0 Å². The number of carbonyl (C=O) groups is 1. The SMILES string of the molecule is O=C(CF)c1ccc(F)cc1NCc1cc(O)cc(O)c1. The summed E-state index contributed by atoms with van der Waals surface area (Å²) in [7, 11) is 0. The summed E-state index contributed by atoms with van der Waals surface area (Å²) >= 11 is 0. The zero-order valence-corrected chi connectivity index (χ0v) is 10.9. The molecule has 0 saturated heterocycles. The molecule has 0 heterocycles. The average molecular weight is 293 g/mol. The van der Waals surface area contributed by atoms with E-state index in [1.54, 1.807) is 0 Å². The summed E-state index contributed by atoms with van der Waals surface area (Å²) in [6.45, 7) is -1.05. The van der Waals surface area contributed by atoms with Crippen molar-refractivity contribution in [2.45, 2.75) is 6.54 Å². The molecule has 0 aliphatic rings. The lowest BCUT2D eigenvalue weighted by Crippen LogP contribution is -2.08. The quantitative estimate of drug-likeness (QED) is 0.741. The number of Topliss-reactive ketones (excluding diaryl/α,β-unsaturated/α-hetero) is 1. The lowest BCUT2D eigenvalue weighted by molar-refractivity contribution is 0.0959. The summed E-state index contributed by atoms with van der Waals surface area (Å²) in [6.07, 6.45) is 0. The van der Waals surface area contributed by atoms with Gasteiger partial charge in [-0.05, 0) is 35.9 Å². The molecule has 0 saturated carbocycles. The lowest BCUT2D eigenvalue weighted by atomic mass is 10.1. The summed E-state index contributed by atoms with van der Waals surface area (Å²) in [5, 5.41) is 21.5. The predicted molar refractivity (Wildman–Crippen MR) is 73.8 cm³/mol. The first-order chi connectivity index (χ1) is 9.99. The predicted octanol–water partition coefficient (Wildman–Crippen LogP) is 3.00. The molecule has 4 nitrogen and oxygen atoms in total. The molecular formula is C15H13F2NO3. The molecule has 0 fully saturated rings. The van der Waals surface area contributed by atoms with Gasteiger partial charge in [0.25, 0.3) is 0 Å². The number of ketones is 1. The van der Waals surface area contributed by atoms with Crippen molar-refractivity contribution in [1.29, 1.82) is 0 Å². The smallest absolute Gasteiger partial charge is 0.195 e. The van der Waals surface area contributed by atoms with E-state index in [1.807, 2.05) is 0 Å². The van der Waals surface area contributed by atoms with Gasteiger partial charge in [0.15, 0.2) is 12.5 Å². The van der Waals surface area contributed by atoms with Crippen LogP contribution in [0.25, 0.3) is 0 Å². The fraction of sp³-hybridized carbons (Fsp3) is 0.133. The molecule has 6 heteroatoms. The van der Waals surface area contributed by atoms with Crippen molar-refractivity contribution in [3.63, 3.8) is 0 Å². The van der Waals surface area contributed by atoms with Crippen molar-refractivity contribution >= 4 is 11.5 Å². The summed E-state index contributed by atoms with van der Waals surface area (Å²) < 4.78 is 25.7. The Bertz CT molecular complexity index is 654. The van der Waals surface area contributed by atoms with Gasteiger partial charge < -0.3 is 15.5 Å². The van der Waals surface area contributed by atoms with Crippen molar-refractivity contribution in [3.8, 4) is 11.5 Å². The van der Waals surface area contributed by atoms with Crippen molar-refractivity contribution in [1.82, 2.24) is 0 Å². The van der Waals surface area contributed by atoms with Gasteiger partial charge in [0.2, 0.25) is 0 Å². The minimum atomic E-state index is -1.17. The maximum atomic E-state index is 13.2. The van der Waals surface area contributed by atoms with Gasteiger partial charge in [-0.25, -0.2) is 8.78 Å². The second kappa shape index (κ2) is 6.21. The molecule has 3 N–H and O–H groups in total. The number of phenols is 2. The van der Waals surface area contributed by atoms with Gasteiger partial charge in [-0.15, -0.1) is 0 Å². The van der Waals surface area contributed by atoms with Crippen LogP contribution in [0.2, 0.25) is 0 Å². The van der Waals surface area contributed by atoms with Crippen LogP contribution in [0.3, 0.4) is 0 Å². The average Bonchev–Trinajstić information content (AvgIpc) is 2.43. The van der Waals surface area contributed by atoms with E-state index >= 15 is 0 Å². The van der Waals surface area contributed by atoms with E-state index in [0.717, 1.165) is 12.1 Å². The van der Waals surface area contributed by atoms with E-state index in [-0.39, 0.29) is 29.3 Å². The highest BCUT2D eigenvalue weighted by molar-refractivity contribution is 6.02. The van der Waals surface area contributed by atoms with E-state index in [2.05, 4.69) is 5.32 Å². The van der Waals surface area contributed by atoms with Crippen LogP contribution in [0.5, 0.6) is 11.5 Å². The first-order valence-corrected chi connectivity index (χ1v) is 6.14. The highest BCUT2D eigenvalue weighted by atomic mass is 19.1. The third-order valence-electron chi connectivity index (χ3n) is 2.85. The van der Waals surface area contributed by atoms with Crippen molar-refractivity contribution in [2.75, 3.05) is 12.0 Å². The number of hydrogen-bond donors (Lipinski definition) is 3. The molecule has 0 aliphatic heterocycles. The molecule has 2 aromatic carbocycles. The molecule has 2 aromatic rings. The molecule has 0 radical (unpaired) electrons. The molecular weight excluding hydrogens is 280 g/mol. The normalized spacial score (nSPS) is 10.4. The number of halogens is 2. The number of hydrogen-bond acceptors (Lipinski definition) is 4. The van der Waals surface area contributed by atoms with E-state index in [9.17, 15) is 23.8 Å². The van der Waals surface area contributed by atoms with Crippen LogP contribution in [0.15, 0.2) is 36.4 Å². The molecule has 0 spiro atoms. The zero-order chi connectivity index (χ0) is 15.4. The first kappa shape index (κ1) is 14.8. The minimum Gasteiger partial charge on any atom is -0.508 e. The molecule has 0 amide bonds. The number of anilines is 1. The van der Waals surface area contributed by atoms with Gasteiger partial charge in [-0.3, -0.25) is 4.79 Å². The van der Waals surface area contributed by atoms with E-state index in [4.69, 9.17) is 0 Å². The number of carbonyl (C=O) groups excluding carboxylic acids is 1. The van der Waals surface area contributed by atoms with Crippen molar-refractivity contribution in [2.24, 2.45) is 0 Å². The minimum absolute atomic E-state index is 0.0447. The Morgan fingerprint density at radius 1 is 1.10 bits per heavy atom. The monoisotopic (exact) mass is 293 g/mol. The highest BCUT2D eigenvalue weighted by Gasteiger charge is 2.12. The van der Waals surface area contributed by atoms with Crippen molar-refractivity contribution < 1.29 is 23.8 Å². The highest BCUT2D eigenvalue weighted by Crippen LogP contribution is 2.23. The number of alkyl halides is 1. The van der Waals surface area contributed by atoms with Gasteiger partial charge in [0.05, 0.1) is 0 Å². The topological polar surface area (TPSA) is 69.6 Å². The summed E-state index contributed by atoms with van der Waals surface area (Å²) in [5.41, 5.74) is 0.721. The maximum absolute atomic E-state index is 13.2. The van der Waals surface area contributed by atoms with E-state index in [1.165, 1.54) is 24.3 Å². The molecule has 2 rings (SSSR count). The number of phenolic OH excluding ortho intramolecular Hbond substituents is 2. The van der Waals surface area contributed by atoms with Crippen LogP contribution in [0.4, 0.5) is 14.5 Å². The van der Waals surface area contributed by atoms with Crippen LogP contribution in [0.1, 0.15) is 15.9 Å². The standard InChI is InChI=1S/C15H13F2NO3/c16-7-15(21)13-2-1-10(17)5-14(13)18-8-9-3-11(19)6-12(20)4-9/h1-6,18-20H,7-8H2. The number of benzene rings is 2. The Kier molecular flexibility index (Phi) is 4.37. The third-order valence-corrected chi connectivity index (χ3v) is 2.85. The summed E-state index contributed by atoms with van der Waals surface area (Å²) in [5.74, 6) is -1.56. The Morgan fingerprint density at radius 3 is 2.38 bits per heavy atom. The van der Waals surface area contributed by atoms with Crippen molar-refractivity contribution in [3.05, 3.63) is 53.3 Å². The van der Waals surface area contributed by atoms with Crippen LogP contribution < -0.4 is 5.32 Å². The second-order valence-electron chi connectivity index (χ2n) is 4.46. The van der Waals surface area contributed by atoms with Gasteiger partial charge in [0, 0.05) is 23.9 Å². The number of nitrogens with one attached hydrogen (secondary N) is 1. The first-order valence-electron chi connectivity index (χ1n) is 6.14. The lowest BCUT2D eigenvalue weighted by Gasteiger charge is -2.11. The Morgan fingerprint density at radius 2 is 1.76 bits per heavy atom. The van der Waals surface area contributed by atoms with Gasteiger partial charge in [-0.1, -0.05) is 0 Å².